The first kappa shape index (κ1) is 22.4. The third-order valence-corrected chi connectivity index (χ3v) is 6.11. The molecule has 0 saturated carbocycles. The van der Waals surface area contributed by atoms with Gasteiger partial charge in [0.25, 0.3) is 0 Å². The molecule has 1 aliphatic heterocycles. The molecule has 166 valence electrons. The van der Waals surface area contributed by atoms with Gasteiger partial charge in [-0.05, 0) is 61.2 Å². The predicted octanol–water partition coefficient (Wildman–Crippen LogP) is 6.06. The standard InChI is InChI=1S/C28H30FNO2/c29-25-15-13-22(14-16-25)27(31)12-7-19-30-20-17-26(18-21-30)32-28(23-8-3-1-4-9-23)24-10-5-2-6-11-24/h1-6,8-11,13-16,26,28H,7,12,17-21H2. The summed E-state index contributed by atoms with van der Waals surface area (Å²) in [5.41, 5.74) is 2.95. The van der Waals surface area contributed by atoms with Crippen molar-refractivity contribution in [3.63, 3.8) is 0 Å². The first-order chi connectivity index (χ1) is 15.7. The highest BCUT2D eigenvalue weighted by molar-refractivity contribution is 5.95. The van der Waals surface area contributed by atoms with Crippen LogP contribution in [0.4, 0.5) is 4.39 Å². The average Bonchev–Trinajstić information content (AvgIpc) is 2.85. The number of rotatable bonds is 9. The fourth-order valence-corrected chi connectivity index (χ4v) is 4.31. The molecule has 3 nitrogen and oxygen atoms in total. The Morgan fingerprint density at radius 2 is 1.44 bits per heavy atom. The van der Waals surface area contributed by atoms with Crippen molar-refractivity contribution in [2.45, 2.75) is 37.9 Å². The minimum absolute atomic E-state index is 0.0534. The fourth-order valence-electron chi connectivity index (χ4n) is 4.31. The van der Waals surface area contributed by atoms with Crippen LogP contribution in [-0.4, -0.2) is 36.4 Å². The highest BCUT2D eigenvalue weighted by Gasteiger charge is 2.24. The molecule has 0 aliphatic carbocycles. The van der Waals surface area contributed by atoms with Crippen LogP contribution in [0, 0.1) is 5.82 Å². The normalized spacial score (nSPS) is 15.2. The van der Waals surface area contributed by atoms with Gasteiger partial charge >= 0.3 is 0 Å². The third kappa shape index (κ3) is 6.12. The lowest BCUT2D eigenvalue weighted by Crippen LogP contribution is -2.38. The van der Waals surface area contributed by atoms with E-state index in [1.165, 1.54) is 23.3 Å². The number of Topliss-reactive ketones (excluding diaryl/α,β-unsaturated/α-hetero) is 1. The van der Waals surface area contributed by atoms with Gasteiger partial charge in [-0.1, -0.05) is 60.7 Å². The number of ketones is 1. The van der Waals surface area contributed by atoms with E-state index < -0.39 is 0 Å². The number of piperidine rings is 1. The second-order valence-electron chi connectivity index (χ2n) is 8.41. The van der Waals surface area contributed by atoms with E-state index in [0.29, 0.717) is 12.0 Å². The van der Waals surface area contributed by atoms with E-state index in [-0.39, 0.29) is 23.8 Å². The van der Waals surface area contributed by atoms with Crippen LogP contribution < -0.4 is 0 Å². The van der Waals surface area contributed by atoms with Gasteiger partial charge in [-0.15, -0.1) is 0 Å². The van der Waals surface area contributed by atoms with E-state index in [1.807, 2.05) is 12.1 Å². The van der Waals surface area contributed by atoms with Crippen LogP contribution >= 0.6 is 0 Å². The summed E-state index contributed by atoms with van der Waals surface area (Å²) >= 11 is 0. The Hall–Kier alpha value is -2.82. The van der Waals surface area contributed by atoms with E-state index in [0.717, 1.165) is 38.9 Å². The predicted molar refractivity (Wildman–Crippen MR) is 125 cm³/mol. The van der Waals surface area contributed by atoms with Gasteiger partial charge < -0.3 is 9.64 Å². The Balaban J connectivity index is 1.25. The summed E-state index contributed by atoms with van der Waals surface area (Å²) in [5.74, 6) is -0.231. The molecular weight excluding hydrogens is 401 g/mol. The maximum atomic E-state index is 13.0. The van der Waals surface area contributed by atoms with Gasteiger partial charge in [0.15, 0.2) is 5.78 Å². The van der Waals surface area contributed by atoms with E-state index in [2.05, 4.69) is 53.4 Å². The molecule has 0 aromatic heterocycles. The molecule has 4 rings (SSSR count). The van der Waals surface area contributed by atoms with Crippen molar-refractivity contribution in [2.24, 2.45) is 0 Å². The van der Waals surface area contributed by atoms with Crippen LogP contribution in [0.2, 0.25) is 0 Å². The molecule has 0 spiro atoms. The minimum Gasteiger partial charge on any atom is -0.365 e. The van der Waals surface area contributed by atoms with Crippen LogP contribution in [0.25, 0.3) is 0 Å². The van der Waals surface area contributed by atoms with Gasteiger partial charge in [-0.2, -0.15) is 0 Å². The largest absolute Gasteiger partial charge is 0.365 e. The molecule has 32 heavy (non-hydrogen) atoms. The number of carbonyl (C=O) groups is 1. The number of ether oxygens (including phenoxy) is 1. The van der Waals surface area contributed by atoms with Crippen molar-refractivity contribution in [3.8, 4) is 0 Å². The van der Waals surface area contributed by atoms with Crippen LogP contribution in [-0.2, 0) is 4.74 Å². The lowest BCUT2D eigenvalue weighted by atomic mass is 10.00. The van der Waals surface area contributed by atoms with E-state index in [9.17, 15) is 9.18 Å². The zero-order valence-electron chi connectivity index (χ0n) is 18.3. The summed E-state index contributed by atoms with van der Waals surface area (Å²) in [6.07, 6.45) is 3.45. The highest BCUT2D eigenvalue weighted by Crippen LogP contribution is 2.30. The van der Waals surface area contributed by atoms with E-state index >= 15 is 0 Å². The Morgan fingerprint density at radius 3 is 2.00 bits per heavy atom. The second-order valence-corrected chi connectivity index (χ2v) is 8.41. The SMILES string of the molecule is O=C(CCCN1CCC(OC(c2ccccc2)c2ccccc2)CC1)c1ccc(F)cc1. The number of carbonyl (C=O) groups excluding carboxylic acids is 1. The number of hydrogen-bond donors (Lipinski definition) is 0. The summed E-state index contributed by atoms with van der Waals surface area (Å²) in [7, 11) is 0. The molecule has 1 fully saturated rings. The first-order valence-electron chi connectivity index (χ1n) is 11.5. The molecule has 3 aromatic rings. The zero-order valence-corrected chi connectivity index (χ0v) is 18.3. The van der Waals surface area contributed by atoms with Gasteiger partial charge in [0, 0.05) is 25.1 Å². The van der Waals surface area contributed by atoms with Crippen molar-refractivity contribution < 1.29 is 13.9 Å². The maximum absolute atomic E-state index is 13.0. The van der Waals surface area contributed by atoms with Crippen LogP contribution in [0.5, 0.6) is 0 Å². The molecule has 0 unspecified atom stereocenters. The fraction of sp³-hybridized carbons (Fsp3) is 0.321. The monoisotopic (exact) mass is 431 g/mol. The van der Waals surface area contributed by atoms with E-state index in [4.69, 9.17) is 4.74 Å². The third-order valence-electron chi connectivity index (χ3n) is 6.11. The van der Waals surface area contributed by atoms with Crippen molar-refractivity contribution in [2.75, 3.05) is 19.6 Å². The summed E-state index contributed by atoms with van der Waals surface area (Å²) in [5, 5.41) is 0. The maximum Gasteiger partial charge on any atom is 0.162 e. The Bertz CT molecular complexity index is 928. The lowest BCUT2D eigenvalue weighted by molar-refractivity contribution is -0.0270. The van der Waals surface area contributed by atoms with Gasteiger partial charge in [0.2, 0.25) is 0 Å². The van der Waals surface area contributed by atoms with Crippen molar-refractivity contribution in [3.05, 3.63) is 107 Å². The summed E-state index contributed by atoms with van der Waals surface area (Å²) in [4.78, 5) is 14.7. The van der Waals surface area contributed by atoms with Crippen molar-refractivity contribution >= 4 is 5.78 Å². The first-order valence-corrected chi connectivity index (χ1v) is 11.5. The number of hydrogen-bond acceptors (Lipinski definition) is 3. The average molecular weight is 432 g/mol. The number of likely N-dealkylation sites (tertiary alicyclic amines) is 1. The molecular formula is C28H30FNO2. The van der Waals surface area contributed by atoms with Crippen molar-refractivity contribution in [1.82, 2.24) is 4.90 Å². The molecule has 0 N–H and O–H groups in total. The smallest absolute Gasteiger partial charge is 0.162 e. The lowest BCUT2D eigenvalue weighted by Gasteiger charge is -2.34. The molecule has 1 heterocycles. The van der Waals surface area contributed by atoms with Crippen molar-refractivity contribution in [1.29, 1.82) is 0 Å². The number of halogens is 1. The van der Waals surface area contributed by atoms with E-state index in [1.54, 1.807) is 12.1 Å². The summed E-state index contributed by atoms with van der Waals surface area (Å²) in [6.45, 7) is 2.86. The molecule has 1 saturated heterocycles. The molecule has 1 aliphatic rings. The quantitative estimate of drug-likeness (QED) is 0.386. The molecule has 0 amide bonds. The highest BCUT2D eigenvalue weighted by atomic mass is 19.1. The zero-order chi connectivity index (χ0) is 22.2. The molecule has 4 heteroatoms. The summed E-state index contributed by atoms with van der Waals surface area (Å²) in [6, 6.07) is 26.6. The summed E-state index contributed by atoms with van der Waals surface area (Å²) < 4.78 is 19.6. The number of nitrogens with zero attached hydrogens (tertiary/aromatic N) is 1. The second kappa shape index (κ2) is 11.2. The van der Waals surface area contributed by atoms with Gasteiger partial charge in [-0.3, -0.25) is 4.79 Å². The van der Waals surface area contributed by atoms with Crippen LogP contribution in [0.3, 0.4) is 0 Å². The van der Waals surface area contributed by atoms with Crippen LogP contribution in [0.1, 0.15) is 53.3 Å². The Kier molecular flexibility index (Phi) is 7.81. The van der Waals surface area contributed by atoms with Gasteiger partial charge in [0.1, 0.15) is 11.9 Å². The topological polar surface area (TPSA) is 29.5 Å². The van der Waals surface area contributed by atoms with Gasteiger partial charge in [0.05, 0.1) is 6.10 Å². The molecule has 3 aromatic carbocycles. The molecule has 0 radical (unpaired) electrons. The molecule has 0 atom stereocenters. The van der Waals surface area contributed by atoms with Gasteiger partial charge in [-0.25, -0.2) is 4.39 Å². The Morgan fingerprint density at radius 1 is 0.875 bits per heavy atom. The number of benzene rings is 3. The van der Waals surface area contributed by atoms with Crippen LogP contribution in [0.15, 0.2) is 84.9 Å². The Labute approximate surface area is 189 Å². The molecule has 0 bridgehead atoms. The minimum atomic E-state index is -0.312.